The Labute approximate surface area is 145 Å². The number of carbonyl (C=O) groups is 2. The van der Waals surface area contributed by atoms with Crippen molar-refractivity contribution in [3.05, 3.63) is 51.7 Å². The lowest BCUT2D eigenvalue weighted by molar-refractivity contribution is -0.120. The largest absolute Gasteiger partial charge is 0.493 e. The molecule has 1 aromatic heterocycles. The second kappa shape index (κ2) is 7.62. The van der Waals surface area contributed by atoms with E-state index in [1.54, 1.807) is 6.92 Å². The third kappa shape index (κ3) is 4.23. The highest BCUT2D eigenvalue weighted by molar-refractivity contribution is 7.12. The average Bonchev–Trinajstić information content (AvgIpc) is 2.92. The molecule has 1 atom stereocenters. The van der Waals surface area contributed by atoms with Gasteiger partial charge in [0.2, 0.25) is 5.91 Å². The first-order valence-corrected chi connectivity index (χ1v) is 9.05. The van der Waals surface area contributed by atoms with Crippen LogP contribution in [0.15, 0.2) is 35.7 Å². The van der Waals surface area contributed by atoms with Crippen molar-refractivity contribution in [2.75, 3.05) is 13.2 Å². The molecule has 24 heavy (non-hydrogen) atoms. The van der Waals surface area contributed by atoms with Crippen LogP contribution in [0.2, 0.25) is 0 Å². The SMILES string of the molecule is CC(=O)c1cc(CC(=O)NC[C@@H]2CCOc3ccccc3C2)cs1. The predicted molar refractivity (Wildman–Crippen MR) is 94.8 cm³/mol. The Morgan fingerprint density at radius 3 is 2.96 bits per heavy atom. The molecule has 2 heterocycles. The zero-order valence-electron chi connectivity index (χ0n) is 13.7. The number of para-hydroxylation sites is 1. The molecular formula is C19H21NO3S. The summed E-state index contributed by atoms with van der Waals surface area (Å²) in [6, 6.07) is 9.90. The monoisotopic (exact) mass is 343 g/mol. The molecular weight excluding hydrogens is 322 g/mol. The third-order valence-electron chi connectivity index (χ3n) is 4.22. The highest BCUT2D eigenvalue weighted by Crippen LogP contribution is 2.26. The first-order valence-electron chi connectivity index (χ1n) is 8.17. The smallest absolute Gasteiger partial charge is 0.224 e. The topological polar surface area (TPSA) is 55.4 Å². The van der Waals surface area contributed by atoms with E-state index < -0.39 is 0 Å². The van der Waals surface area contributed by atoms with Gasteiger partial charge in [0.15, 0.2) is 5.78 Å². The first kappa shape index (κ1) is 16.7. The van der Waals surface area contributed by atoms with Crippen LogP contribution in [0.3, 0.4) is 0 Å². The van der Waals surface area contributed by atoms with Crippen molar-refractivity contribution in [2.24, 2.45) is 5.92 Å². The van der Waals surface area contributed by atoms with Crippen LogP contribution in [0.5, 0.6) is 5.75 Å². The summed E-state index contributed by atoms with van der Waals surface area (Å²) in [5.74, 6) is 1.39. The van der Waals surface area contributed by atoms with Gasteiger partial charge in [0, 0.05) is 6.54 Å². The van der Waals surface area contributed by atoms with Gasteiger partial charge in [-0.05, 0) is 54.3 Å². The van der Waals surface area contributed by atoms with Crippen molar-refractivity contribution in [3.63, 3.8) is 0 Å². The molecule has 3 rings (SSSR count). The Bertz CT molecular complexity index is 738. The summed E-state index contributed by atoms with van der Waals surface area (Å²) in [7, 11) is 0. The van der Waals surface area contributed by atoms with E-state index in [1.807, 2.05) is 29.6 Å². The molecule has 1 amide bonds. The van der Waals surface area contributed by atoms with E-state index in [0.717, 1.165) is 24.2 Å². The molecule has 1 N–H and O–H groups in total. The van der Waals surface area contributed by atoms with Crippen molar-refractivity contribution in [3.8, 4) is 5.75 Å². The van der Waals surface area contributed by atoms with Crippen LogP contribution >= 0.6 is 11.3 Å². The number of Topliss-reactive ketones (excluding diaryl/α,β-unsaturated/α-hetero) is 1. The van der Waals surface area contributed by atoms with E-state index in [2.05, 4.69) is 11.4 Å². The minimum Gasteiger partial charge on any atom is -0.493 e. The quantitative estimate of drug-likeness (QED) is 0.848. The van der Waals surface area contributed by atoms with Crippen molar-refractivity contribution >= 4 is 23.0 Å². The van der Waals surface area contributed by atoms with Gasteiger partial charge in [-0.3, -0.25) is 9.59 Å². The molecule has 0 aliphatic carbocycles. The van der Waals surface area contributed by atoms with E-state index in [4.69, 9.17) is 4.74 Å². The highest BCUT2D eigenvalue weighted by atomic mass is 32.1. The number of benzene rings is 1. The normalized spacial score (nSPS) is 16.6. The van der Waals surface area contributed by atoms with E-state index in [1.165, 1.54) is 16.9 Å². The van der Waals surface area contributed by atoms with Crippen LogP contribution in [-0.2, 0) is 17.6 Å². The zero-order valence-corrected chi connectivity index (χ0v) is 14.5. The van der Waals surface area contributed by atoms with Gasteiger partial charge >= 0.3 is 0 Å². The van der Waals surface area contributed by atoms with Crippen LogP contribution < -0.4 is 10.1 Å². The van der Waals surface area contributed by atoms with Crippen molar-refractivity contribution in [2.45, 2.75) is 26.2 Å². The lowest BCUT2D eigenvalue weighted by atomic mass is 9.97. The number of ketones is 1. The highest BCUT2D eigenvalue weighted by Gasteiger charge is 2.18. The Balaban J connectivity index is 1.51. The fourth-order valence-corrected chi connectivity index (χ4v) is 3.71. The summed E-state index contributed by atoms with van der Waals surface area (Å²) in [4.78, 5) is 24.2. The van der Waals surface area contributed by atoms with Gasteiger partial charge in [-0.1, -0.05) is 18.2 Å². The lowest BCUT2D eigenvalue weighted by Crippen LogP contribution is -2.31. The second-order valence-electron chi connectivity index (χ2n) is 6.17. The first-order chi connectivity index (χ1) is 11.6. The second-order valence-corrected chi connectivity index (χ2v) is 7.08. The van der Waals surface area contributed by atoms with Crippen LogP contribution in [-0.4, -0.2) is 24.8 Å². The van der Waals surface area contributed by atoms with Gasteiger partial charge in [0.25, 0.3) is 0 Å². The van der Waals surface area contributed by atoms with Crippen molar-refractivity contribution in [1.82, 2.24) is 5.32 Å². The van der Waals surface area contributed by atoms with Gasteiger partial charge < -0.3 is 10.1 Å². The molecule has 0 saturated heterocycles. The summed E-state index contributed by atoms with van der Waals surface area (Å²) < 4.78 is 5.76. The number of rotatable bonds is 5. The molecule has 1 aliphatic rings. The number of carbonyl (C=O) groups excluding carboxylic acids is 2. The van der Waals surface area contributed by atoms with Gasteiger partial charge in [0.05, 0.1) is 17.9 Å². The molecule has 0 bridgehead atoms. The van der Waals surface area contributed by atoms with Crippen LogP contribution in [0, 0.1) is 5.92 Å². The molecule has 1 aliphatic heterocycles. The zero-order chi connectivity index (χ0) is 16.9. The van der Waals surface area contributed by atoms with Gasteiger partial charge in [-0.15, -0.1) is 11.3 Å². The number of amides is 1. The third-order valence-corrected chi connectivity index (χ3v) is 5.30. The lowest BCUT2D eigenvalue weighted by Gasteiger charge is -2.14. The number of nitrogens with one attached hydrogen (secondary N) is 1. The van der Waals surface area contributed by atoms with Gasteiger partial charge in [-0.25, -0.2) is 0 Å². The maximum absolute atomic E-state index is 12.1. The molecule has 5 heteroatoms. The fraction of sp³-hybridized carbons (Fsp3) is 0.368. The summed E-state index contributed by atoms with van der Waals surface area (Å²) in [6.45, 7) is 2.88. The minimum absolute atomic E-state index is 0.00125. The number of thiophene rings is 1. The van der Waals surface area contributed by atoms with E-state index in [0.29, 0.717) is 30.4 Å². The molecule has 0 spiro atoms. The van der Waals surface area contributed by atoms with Gasteiger partial charge in [-0.2, -0.15) is 0 Å². The van der Waals surface area contributed by atoms with Crippen molar-refractivity contribution in [1.29, 1.82) is 0 Å². The fourth-order valence-electron chi connectivity index (χ4n) is 2.90. The standard InChI is InChI=1S/C19H21NO3S/c1-13(21)18-9-15(12-24-18)10-19(22)20-11-14-6-7-23-17-5-3-2-4-16(17)8-14/h2-5,9,12,14H,6-8,10-11H2,1H3,(H,20,22)/t14-/m1/s1. The maximum Gasteiger partial charge on any atom is 0.224 e. The molecule has 126 valence electrons. The Kier molecular flexibility index (Phi) is 5.30. The van der Waals surface area contributed by atoms with Gasteiger partial charge in [0.1, 0.15) is 5.75 Å². The summed E-state index contributed by atoms with van der Waals surface area (Å²) in [5.41, 5.74) is 2.11. The number of hydrogen-bond acceptors (Lipinski definition) is 4. The van der Waals surface area contributed by atoms with Crippen LogP contribution in [0.1, 0.15) is 34.1 Å². The van der Waals surface area contributed by atoms with Crippen LogP contribution in [0.4, 0.5) is 0 Å². The predicted octanol–water partition coefficient (Wildman–Crippen LogP) is 3.25. The summed E-state index contributed by atoms with van der Waals surface area (Å²) in [5, 5.41) is 4.90. The number of hydrogen-bond donors (Lipinski definition) is 1. The Hall–Kier alpha value is -2.14. The van der Waals surface area contributed by atoms with E-state index in [9.17, 15) is 9.59 Å². The summed E-state index contributed by atoms with van der Waals surface area (Å²) >= 11 is 1.39. The molecule has 2 aromatic rings. The van der Waals surface area contributed by atoms with E-state index in [-0.39, 0.29) is 11.7 Å². The molecule has 0 unspecified atom stereocenters. The summed E-state index contributed by atoms with van der Waals surface area (Å²) in [6.07, 6.45) is 2.18. The van der Waals surface area contributed by atoms with Crippen LogP contribution in [0.25, 0.3) is 0 Å². The minimum atomic E-state index is 0.00125. The maximum atomic E-state index is 12.1. The molecule has 1 aromatic carbocycles. The Morgan fingerprint density at radius 2 is 2.17 bits per heavy atom. The number of fused-ring (bicyclic) bond motifs is 1. The number of ether oxygens (including phenoxy) is 1. The molecule has 4 nitrogen and oxygen atoms in total. The molecule has 0 fully saturated rings. The van der Waals surface area contributed by atoms with Crippen molar-refractivity contribution < 1.29 is 14.3 Å². The van der Waals surface area contributed by atoms with E-state index >= 15 is 0 Å². The average molecular weight is 343 g/mol. The Morgan fingerprint density at radius 1 is 1.33 bits per heavy atom. The molecule has 0 saturated carbocycles. The molecule has 0 radical (unpaired) electrons.